The number of amides is 1. The van der Waals surface area contributed by atoms with Crippen LogP contribution in [0, 0.1) is 0 Å². The molecule has 2 heterocycles. The van der Waals surface area contributed by atoms with E-state index in [-0.39, 0.29) is 5.91 Å². The molecule has 0 aliphatic heterocycles. The fourth-order valence-electron chi connectivity index (χ4n) is 3.53. The highest BCUT2D eigenvalue weighted by Gasteiger charge is 2.26. The molecule has 4 aromatic rings. The first-order valence-electron chi connectivity index (χ1n) is 10.2. The average Bonchev–Trinajstić information content (AvgIpc) is 3.38. The molecule has 31 heavy (non-hydrogen) atoms. The fourth-order valence-corrected chi connectivity index (χ4v) is 6.64. The van der Waals surface area contributed by atoms with Crippen molar-refractivity contribution in [3.63, 3.8) is 0 Å². The topological polar surface area (TPSA) is 36.4 Å². The van der Waals surface area contributed by atoms with Crippen molar-refractivity contribution in [2.45, 2.75) is 18.7 Å². The van der Waals surface area contributed by atoms with Gasteiger partial charge in [0, 0.05) is 28.1 Å². The zero-order chi connectivity index (χ0) is 22.0. The smallest absolute Gasteiger partial charge is 0.271 e. The Morgan fingerprint density at radius 1 is 1.03 bits per heavy atom. The van der Waals surface area contributed by atoms with Crippen LogP contribution in [0.5, 0.6) is 0 Å². The maximum absolute atomic E-state index is 13.8. The van der Waals surface area contributed by atoms with Gasteiger partial charge in [0.15, 0.2) is 5.13 Å². The summed E-state index contributed by atoms with van der Waals surface area (Å²) in [6.07, 6.45) is 2.05. The zero-order valence-electron chi connectivity index (χ0n) is 17.7. The number of fused-ring (bicyclic) bond motifs is 2. The molecule has 2 aromatic heterocycles. The molecular weight excluding hydrogens is 466 g/mol. The first kappa shape index (κ1) is 22.6. The molecule has 0 fully saturated rings. The molecule has 0 saturated carbocycles. The van der Waals surface area contributed by atoms with Crippen LogP contribution in [0.25, 0.3) is 20.3 Å². The molecule has 0 spiro atoms. The molecule has 162 valence electrons. The number of thioether (sulfide) groups is 1. The van der Waals surface area contributed by atoms with Gasteiger partial charge in [0.1, 0.15) is 4.88 Å². The molecule has 0 radical (unpaired) electrons. The van der Waals surface area contributed by atoms with E-state index in [1.165, 1.54) is 11.3 Å². The number of likely N-dealkylation sites (N-methyl/N-ethyl adjacent to an activating group) is 1. The molecular formula is C23H24ClN3OS3. The second-order valence-corrected chi connectivity index (χ2v) is 10.3. The van der Waals surface area contributed by atoms with Crippen LogP contribution < -0.4 is 4.90 Å². The number of anilines is 1. The summed E-state index contributed by atoms with van der Waals surface area (Å²) in [6.45, 7) is 7.52. The van der Waals surface area contributed by atoms with Gasteiger partial charge in [-0.3, -0.25) is 9.69 Å². The minimum Gasteiger partial charge on any atom is -0.302 e. The summed E-state index contributed by atoms with van der Waals surface area (Å²) in [7, 11) is 0. The Bertz CT molecular complexity index is 1220. The molecule has 0 bridgehead atoms. The Kier molecular flexibility index (Phi) is 7.19. The second kappa shape index (κ2) is 9.88. The van der Waals surface area contributed by atoms with Crippen LogP contribution in [0.15, 0.2) is 47.4 Å². The third kappa shape index (κ3) is 4.47. The lowest BCUT2D eigenvalue weighted by Gasteiger charge is -2.24. The number of benzene rings is 2. The number of thiazole rings is 1. The van der Waals surface area contributed by atoms with Gasteiger partial charge in [0.05, 0.1) is 15.2 Å². The summed E-state index contributed by atoms with van der Waals surface area (Å²) in [5.74, 6) is -0.0805. The summed E-state index contributed by atoms with van der Waals surface area (Å²) in [6, 6.07) is 14.1. The number of nitrogens with zero attached hydrogens (tertiary/aromatic N) is 3. The Balaban J connectivity index is 1.76. The molecule has 0 aliphatic rings. The molecule has 4 nitrogen and oxygen atoms in total. The highest BCUT2D eigenvalue weighted by atomic mass is 35.5. The number of hydrogen-bond acceptors (Lipinski definition) is 6. The van der Waals surface area contributed by atoms with Crippen LogP contribution in [0.1, 0.15) is 23.5 Å². The lowest BCUT2D eigenvalue weighted by atomic mass is 10.2. The molecule has 4 rings (SSSR count). The van der Waals surface area contributed by atoms with Gasteiger partial charge in [-0.2, -0.15) is 0 Å². The summed E-state index contributed by atoms with van der Waals surface area (Å²) in [5, 5.41) is 2.18. The molecule has 0 aliphatic carbocycles. The van der Waals surface area contributed by atoms with E-state index in [0.717, 1.165) is 50.0 Å². The van der Waals surface area contributed by atoms with Crippen molar-refractivity contribution in [1.29, 1.82) is 0 Å². The van der Waals surface area contributed by atoms with Crippen LogP contribution in [-0.4, -0.2) is 48.2 Å². The van der Waals surface area contributed by atoms with E-state index in [4.69, 9.17) is 16.6 Å². The molecule has 0 saturated heterocycles. The number of carbonyl (C=O) groups excluding carboxylic acids is 1. The first-order valence-corrected chi connectivity index (χ1v) is 13.5. The van der Waals surface area contributed by atoms with Crippen molar-refractivity contribution in [2.75, 3.05) is 37.3 Å². The van der Waals surface area contributed by atoms with Gasteiger partial charge in [-0.25, -0.2) is 4.98 Å². The van der Waals surface area contributed by atoms with Crippen LogP contribution in [0.2, 0.25) is 5.02 Å². The van der Waals surface area contributed by atoms with Gasteiger partial charge in [-0.15, -0.1) is 23.1 Å². The quantitative estimate of drug-likeness (QED) is 0.253. The normalized spacial score (nSPS) is 11.6. The Labute approximate surface area is 199 Å². The van der Waals surface area contributed by atoms with Crippen molar-refractivity contribution in [3.8, 4) is 0 Å². The van der Waals surface area contributed by atoms with E-state index in [1.54, 1.807) is 23.1 Å². The minimum atomic E-state index is -0.0805. The van der Waals surface area contributed by atoms with E-state index in [1.807, 2.05) is 41.5 Å². The number of carbonyl (C=O) groups is 1. The van der Waals surface area contributed by atoms with Gasteiger partial charge < -0.3 is 4.90 Å². The van der Waals surface area contributed by atoms with Crippen LogP contribution in [-0.2, 0) is 0 Å². The SMILES string of the molecule is CCN(CC)CCN(C(=O)c1sc2ccccc2c1Cl)c1nc2c(SC)cccc2s1. The predicted molar refractivity (Wildman–Crippen MR) is 138 cm³/mol. The molecule has 0 N–H and O–H groups in total. The van der Waals surface area contributed by atoms with Gasteiger partial charge >= 0.3 is 0 Å². The fraction of sp³-hybridized carbons (Fsp3) is 0.304. The lowest BCUT2D eigenvalue weighted by molar-refractivity contribution is 0.0988. The van der Waals surface area contributed by atoms with Crippen molar-refractivity contribution >= 4 is 77.4 Å². The maximum Gasteiger partial charge on any atom is 0.271 e. The van der Waals surface area contributed by atoms with Crippen LogP contribution in [0.3, 0.4) is 0 Å². The number of para-hydroxylation sites is 1. The van der Waals surface area contributed by atoms with Crippen molar-refractivity contribution in [2.24, 2.45) is 0 Å². The molecule has 1 amide bonds. The Hall–Kier alpha value is -1.64. The zero-order valence-corrected chi connectivity index (χ0v) is 20.9. The van der Waals surface area contributed by atoms with Gasteiger partial charge in [-0.05, 0) is 37.5 Å². The van der Waals surface area contributed by atoms with E-state index in [0.29, 0.717) is 16.4 Å². The molecule has 0 unspecified atom stereocenters. The van der Waals surface area contributed by atoms with Gasteiger partial charge in [0.25, 0.3) is 5.91 Å². The predicted octanol–water partition coefficient (Wildman–Crippen LogP) is 6.87. The number of aromatic nitrogens is 1. The van der Waals surface area contributed by atoms with Crippen LogP contribution in [0.4, 0.5) is 5.13 Å². The number of halogens is 1. The summed E-state index contributed by atoms with van der Waals surface area (Å²) in [5.41, 5.74) is 0.957. The van der Waals surface area contributed by atoms with Crippen molar-refractivity contribution < 1.29 is 4.79 Å². The second-order valence-electron chi connectivity index (χ2n) is 7.03. The number of rotatable bonds is 8. The lowest BCUT2D eigenvalue weighted by Crippen LogP contribution is -2.38. The molecule has 2 aromatic carbocycles. The third-order valence-corrected chi connectivity index (χ3v) is 8.81. The molecule has 0 atom stereocenters. The maximum atomic E-state index is 13.8. The number of thiophene rings is 1. The van der Waals surface area contributed by atoms with E-state index < -0.39 is 0 Å². The average molecular weight is 490 g/mol. The van der Waals surface area contributed by atoms with Crippen LogP contribution >= 0.6 is 46.0 Å². The van der Waals surface area contributed by atoms with E-state index >= 15 is 0 Å². The summed E-state index contributed by atoms with van der Waals surface area (Å²) >= 11 is 11.3. The highest BCUT2D eigenvalue weighted by molar-refractivity contribution is 7.98. The largest absolute Gasteiger partial charge is 0.302 e. The first-order chi connectivity index (χ1) is 15.1. The standard InChI is InChI=1S/C23H24ClN3OS3/c1-4-26(5-2)13-14-27(23-25-20-17(29-3)11-8-12-18(20)31-23)22(28)21-19(24)15-9-6-7-10-16(15)30-21/h6-12H,4-5,13-14H2,1-3H3. The highest BCUT2D eigenvalue weighted by Crippen LogP contribution is 2.39. The third-order valence-electron chi connectivity index (χ3n) is 5.33. The Morgan fingerprint density at radius 2 is 1.77 bits per heavy atom. The number of hydrogen-bond donors (Lipinski definition) is 0. The summed E-state index contributed by atoms with van der Waals surface area (Å²) < 4.78 is 2.11. The molecule has 8 heteroatoms. The monoisotopic (exact) mass is 489 g/mol. The van der Waals surface area contributed by atoms with Crippen molar-refractivity contribution in [1.82, 2.24) is 9.88 Å². The van der Waals surface area contributed by atoms with E-state index in [9.17, 15) is 4.79 Å². The van der Waals surface area contributed by atoms with Gasteiger partial charge in [0.2, 0.25) is 0 Å². The van der Waals surface area contributed by atoms with E-state index in [2.05, 4.69) is 30.9 Å². The minimum absolute atomic E-state index is 0.0805. The van der Waals surface area contributed by atoms with Crippen molar-refractivity contribution in [3.05, 3.63) is 52.4 Å². The van der Waals surface area contributed by atoms with Gasteiger partial charge in [-0.1, -0.05) is 61.1 Å². The summed E-state index contributed by atoms with van der Waals surface area (Å²) in [4.78, 5) is 24.5. The Morgan fingerprint density at radius 3 is 2.48 bits per heavy atom.